The Bertz CT molecular complexity index is 431. The molecule has 1 aliphatic carbocycles. The molecule has 1 saturated carbocycles. The first kappa shape index (κ1) is 13.9. The van der Waals surface area contributed by atoms with E-state index in [1.165, 1.54) is 0 Å². The number of urea groups is 1. The number of aliphatic hydroxyl groups excluding tert-OH is 1. The van der Waals surface area contributed by atoms with Crippen LogP contribution in [-0.4, -0.2) is 23.3 Å². The standard InChI is InChI=1S/C15H22N2O2/c1-10-4-3-5-11(2)14(10)17-15(19)16-12-6-8-13(18)9-7-12/h3-5,12-13,18H,6-9H2,1-2H3,(H2,16,17,19). The number of benzene rings is 1. The Balaban J connectivity index is 1.91. The summed E-state index contributed by atoms with van der Waals surface area (Å²) in [4.78, 5) is 12.0. The van der Waals surface area contributed by atoms with Gasteiger partial charge in [0.15, 0.2) is 0 Å². The topological polar surface area (TPSA) is 61.4 Å². The lowest BCUT2D eigenvalue weighted by molar-refractivity contribution is 0.118. The highest BCUT2D eigenvalue weighted by atomic mass is 16.3. The number of amides is 2. The van der Waals surface area contributed by atoms with Crippen molar-refractivity contribution in [2.24, 2.45) is 0 Å². The lowest BCUT2D eigenvalue weighted by Crippen LogP contribution is -2.41. The summed E-state index contributed by atoms with van der Waals surface area (Å²) in [7, 11) is 0. The zero-order valence-corrected chi connectivity index (χ0v) is 11.6. The minimum atomic E-state index is -0.195. The summed E-state index contributed by atoms with van der Waals surface area (Å²) in [5.41, 5.74) is 3.01. The fourth-order valence-electron chi connectivity index (χ4n) is 2.57. The van der Waals surface area contributed by atoms with Crippen LogP contribution in [0.25, 0.3) is 0 Å². The second-order valence-corrected chi connectivity index (χ2v) is 5.37. The molecule has 0 unspecified atom stereocenters. The van der Waals surface area contributed by atoms with Gasteiger partial charge in [0, 0.05) is 11.7 Å². The average Bonchev–Trinajstić information content (AvgIpc) is 2.37. The molecule has 0 spiro atoms. The van der Waals surface area contributed by atoms with Crippen molar-refractivity contribution in [3.05, 3.63) is 29.3 Å². The molecule has 0 atom stereocenters. The van der Waals surface area contributed by atoms with E-state index < -0.39 is 0 Å². The van der Waals surface area contributed by atoms with Gasteiger partial charge in [-0.05, 0) is 50.7 Å². The highest BCUT2D eigenvalue weighted by Gasteiger charge is 2.20. The number of aryl methyl sites for hydroxylation is 2. The van der Waals surface area contributed by atoms with E-state index in [0.29, 0.717) is 0 Å². The van der Waals surface area contributed by atoms with Crippen LogP contribution in [-0.2, 0) is 0 Å². The Morgan fingerprint density at radius 3 is 2.32 bits per heavy atom. The lowest BCUT2D eigenvalue weighted by atomic mass is 9.93. The molecule has 104 valence electrons. The van der Waals surface area contributed by atoms with Gasteiger partial charge in [0.1, 0.15) is 0 Å². The van der Waals surface area contributed by atoms with Gasteiger partial charge in [-0.25, -0.2) is 4.79 Å². The highest BCUT2D eigenvalue weighted by molar-refractivity contribution is 5.91. The fraction of sp³-hybridized carbons (Fsp3) is 0.533. The van der Waals surface area contributed by atoms with E-state index in [1.54, 1.807) is 0 Å². The van der Waals surface area contributed by atoms with Crippen LogP contribution in [0.5, 0.6) is 0 Å². The minimum Gasteiger partial charge on any atom is -0.393 e. The molecule has 4 nitrogen and oxygen atoms in total. The molecule has 2 amide bonds. The summed E-state index contributed by atoms with van der Waals surface area (Å²) in [6.07, 6.45) is 3.05. The molecule has 1 fully saturated rings. The molecule has 0 radical (unpaired) electrons. The van der Waals surface area contributed by atoms with E-state index in [0.717, 1.165) is 42.5 Å². The van der Waals surface area contributed by atoms with Crippen LogP contribution in [0, 0.1) is 13.8 Å². The van der Waals surface area contributed by atoms with Crippen LogP contribution in [0.2, 0.25) is 0 Å². The summed E-state index contributed by atoms with van der Waals surface area (Å²) in [6.45, 7) is 3.97. The zero-order valence-electron chi connectivity index (χ0n) is 11.6. The molecule has 1 aromatic rings. The van der Waals surface area contributed by atoms with E-state index >= 15 is 0 Å². The maximum atomic E-state index is 12.0. The first-order valence-electron chi connectivity index (χ1n) is 6.88. The van der Waals surface area contributed by atoms with Crippen molar-refractivity contribution in [3.8, 4) is 0 Å². The van der Waals surface area contributed by atoms with Crippen LogP contribution < -0.4 is 10.6 Å². The van der Waals surface area contributed by atoms with Crippen molar-refractivity contribution < 1.29 is 9.90 Å². The average molecular weight is 262 g/mol. The van der Waals surface area contributed by atoms with Crippen molar-refractivity contribution >= 4 is 11.7 Å². The number of hydrogen-bond donors (Lipinski definition) is 3. The number of anilines is 1. The molecule has 1 aromatic carbocycles. The predicted octanol–water partition coefficient (Wildman–Crippen LogP) is 2.73. The molecule has 0 heterocycles. The monoisotopic (exact) mass is 262 g/mol. The quantitative estimate of drug-likeness (QED) is 0.767. The molecule has 0 aromatic heterocycles. The van der Waals surface area contributed by atoms with Gasteiger partial charge in [-0.3, -0.25) is 0 Å². The molecule has 0 saturated heterocycles. The predicted molar refractivity (Wildman–Crippen MR) is 76.3 cm³/mol. The Morgan fingerprint density at radius 1 is 1.16 bits per heavy atom. The van der Waals surface area contributed by atoms with Crippen LogP contribution in [0.3, 0.4) is 0 Å². The van der Waals surface area contributed by atoms with Gasteiger partial charge in [0.25, 0.3) is 0 Å². The van der Waals surface area contributed by atoms with Crippen LogP contribution >= 0.6 is 0 Å². The fourth-order valence-corrected chi connectivity index (χ4v) is 2.57. The number of para-hydroxylation sites is 1. The third-order valence-corrected chi connectivity index (χ3v) is 3.75. The normalized spacial score (nSPS) is 22.9. The third-order valence-electron chi connectivity index (χ3n) is 3.75. The molecule has 4 heteroatoms. The lowest BCUT2D eigenvalue weighted by Gasteiger charge is -2.26. The number of nitrogens with one attached hydrogen (secondary N) is 2. The summed E-state index contributed by atoms with van der Waals surface area (Å²) in [5.74, 6) is 0. The first-order chi connectivity index (χ1) is 9.06. The Kier molecular flexibility index (Phi) is 4.43. The number of aliphatic hydroxyl groups is 1. The van der Waals surface area contributed by atoms with Crippen molar-refractivity contribution in [2.45, 2.75) is 51.7 Å². The van der Waals surface area contributed by atoms with Crippen LogP contribution in [0.1, 0.15) is 36.8 Å². The van der Waals surface area contributed by atoms with Gasteiger partial charge in [0.05, 0.1) is 6.10 Å². The third kappa shape index (κ3) is 3.70. The van der Waals surface area contributed by atoms with E-state index in [-0.39, 0.29) is 18.2 Å². The minimum absolute atomic E-state index is 0.154. The van der Waals surface area contributed by atoms with Crippen LogP contribution in [0.15, 0.2) is 18.2 Å². The van der Waals surface area contributed by atoms with Crippen LogP contribution in [0.4, 0.5) is 10.5 Å². The summed E-state index contributed by atoms with van der Waals surface area (Å²) < 4.78 is 0. The van der Waals surface area contributed by atoms with E-state index in [2.05, 4.69) is 10.6 Å². The number of carbonyl (C=O) groups is 1. The van der Waals surface area contributed by atoms with E-state index in [9.17, 15) is 9.90 Å². The van der Waals surface area contributed by atoms with Crippen molar-refractivity contribution in [1.29, 1.82) is 0 Å². The highest BCUT2D eigenvalue weighted by Crippen LogP contribution is 2.21. The molecule has 19 heavy (non-hydrogen) atoms. The zero-order chi connectivity index (χ0) is 13.8. The second kappa shape index (κ2) is 6.06. The van der Waals surface area contributed by atoms with Crippen molar-refractivity contribution in [2.75, 3.05) is 5.32 Å². The van der Waals surface area contributed by atoms with E-state index in [1.807, 2.05) is 32.0 Å². The van der Waals surface area contributed by atoms with Crippen molar-refractivity contribution in [3.63, 3.8) is 0 Å². The molecule has 0 bridgehead atoms. The summed E-state index contributed by atoms with van der Waals surface area (Å²) in [6, 6.07) is 5.97. The molecule has 1 aliphatic rings. The second-order valence-electron chi connectivity index (χ2n) is 5.37. The Labute approximate surface area is 114 Å². The van der Waals surface area contributed by atoms with Gasteiger partial charge in [-0.15, -0.1) is 0 Å². The smallest absolute Gasteiger partial charge is 0.319 e. The largest absolute Gasteiger partial charge is 0.393 e. The van der Waals surface area contributed by atoms with Gasteiger partial charge in [0.2, 0.25) is 0 Å². The molecule has 3 N–H and O–H groups in total. The molecule has 0 aliphatic heterocycles. The van der Waals surface area contributed by atoms with Gasteiger partial charge in [-0.1, -0.05) is 18.2 Å². The van der Waals surface area contributed by atoms with Gasteiger partial charge >= 0.3 is 6.03 Å². The molecular weight excluding hydrogens is 240 g/mol. The first-order valence-corrected chi connectivity index (χ1v) is 6.88. The van der Waals surface area contributed by atoms with Crippen molar-refractivity contribution in [1.82, 2.24) is 5.32 Å². The van der Waals surface area contributed by atoms with Gasteiger partial charge < -0.3 is 15.7 Å². The Morgan fingerprint density at radius 2 is 1.74 bits per heavy atom. The van der Waals surface area contributed by atoms with E-state index in [4.69, 9.17) is 0 Å². The SMILES string of the molecule is Cc1cccc(C)c1NC(=O)NC1CCC(O)CC1. The maximum absolute atomic E-state index is 12.0. The number of hydrogen-bond acceptors (Lipinski definition) is 2. The maximum Gasteiger partial charge on any atom is 0.319 e. The summed E-state index contributed by atoms with van der Waals surface area (Å²) >= 11 is 0. The Hall–Kier alpha value is -1.55. The number of rotatable bonds is 2. The molecule has 2 rings (SSSR count). The number of carbonyl (C=O) groups excluding carboxylic acids is 1. The van der Waals surface area contributed by atoms with Gasteiger partial charge in [-0.2, -0.15) is 0 Å². The molecular formula is C15H22N2O2. The summed E-state index contributed by atoms with van der Waals surface area (Å²) in [5, 5.41) is 15.3.